The average Bonchev–Trinajstić information content (AvgIpc) is 3.46. The second kappa shape index (κ2) is 8.02. The second-order valence-electron chi connectivity index (χ2n) is 7.73. The minimum atomic E-state index is -4.66. The van der Waals surface area contributed by atoms with Gasteiger partial charge in [0.15, 0.2) is 11.6 Å². The van der Waals surface area contributed by atoms with E-state index in [-0.39, 0.29) is 11.1 Å². The molecular formula is C22H16F3N7O. The van der Waals surface area contributed by atoms with E-state index in [9.17, 15) is 23.2 Å². The molecule has 1 aliphatic rings. The zero-order valence-corrected chi connectivity index (χ0v) is 17.3. The van der Waals surface area contributed by atoms with Gasteiger partial charge in [-0.2, -0.15) is 33.5 Å². The van der Waals surface area contributed by atoms with Gasteiger partial charge in [0.25, 0.3) is 5.91 Å². The highest BCUT2D eigenvalue weighted by Gasteiger charge is 2.46. The van der Waals surface area contributed by atoms with Crippen LogP contribution in [0.15, 0.2) is 42.9 Å². The second-order valence-corrected chi connectivity index (χ2v) is 7.73. The number of carbonyl (C=O) groups is 1. The van der Waals surface area contributed by atoms with E-state index >= 15 is 0 Å². The molecule has 1 aliphatic carbocycles. The summed E-state index contributed by atoms with van der Waals surface area (Å²) in [5.41, 5.74) is -1.63. The van der Waals surface area contributed by atoms with Gasteiger partial charge in [-0.05, 0) is 55.7 Å². The van der Waals surface area contributed by atoms with Crippen LogP contribution in [0, 0.1) is 22.7 Å². The molecule has 0 saturated heterocycles. The predicted octanol–water partition coefficient (Wildman–Crippen LogP) is 3.60. The molecule has 2 heterocycles. The number of amides is 1. The molecule has 3 aromatic rings. The Labute approximate surface area is 186 Å². The lowest BCUT2D eigenvalue weighted by molar-refractivity contribution is -0.137. The van der Waals surface area contributed by atoms with Crippen molar-refractivity contribution in [2.45, 2.75) is 37.4 Å². The van der Waals surface area contributed by atoms with Crippen molar-refractivity contribution < 1.29 is 18.0 Å². The van der Waals surface area contributed by atoms with E-state index in [1.165, 1.54) is 23.3 Å². The normalized spacial score (nSPS) is 15.2. The maximum absolute atomic E-state index is 13.4. The standard InChI is InChI=1S/C22H16F3N7O/c1-13(19-29-12-30-32(19)18-3-2-14(9-26)10-28-18)31-20(33)15-6-16(21(11-27)4-5-21)8-17(7-15)22(23,24)25/h2-3,6-8,10,12-13H,4-5H2,1H3,(H,31,33)/t13-/m0/s1. The largest absolute Gasteiger partial charge is 0.416 e. The van der Waals surface area contributed by atoms with Gasteiger partial charge in [-0.15, -0.1) is 0 Å². The van der Waals surface area contributed by atoms with Crippen molar-refractivity contribution in [3.63, 3.8) is 0 Å². The predicted molar refractivity (Wildman–Crippen MR) is 108 cm³/mol. The molecule has 1 amide bonds. The maximum atomic E-state index is 13.4. The molecule has 1 atom stereocenters. The molecule has 33 heavy (non-hydrogen) atoms. The van der Waals surface area contributed by atoms with Crippen LogP contribution in [0.4, 0.5) is 13.2 Å². The van der Waals surface area contributed by atoms with Crippen LogP contribution in [0.3, 0.4) is 0 Å². The fraction of sp³-hybridized carbons (Fsp3) is 0.273. The molecule has 2 aromatic heterocycles. The summed E-state index contributed by atoms with van der Waals surface area (Å²) in [4.78, 5) is 21.1. The van der Waals surface area contributed by atoms with Gasteiger partial charge >= 0.3 is 6.18 Å². The number of pyridine rings is 1. The molecule has 8 nitrogen and oxygen atoms in total. The Hall–Kier alpha value is -4.25. The minimum Gasteiger partial charge on any atom is -0.342 e. The summed E-state index contributed by atoms with van der Waals surface area (Å²) in [7, 11) is 0. The van der Waals surface area contributed by atoms with Crippen LogP contribution in [-0.2, 0) is 11.6 Å². The topological polar surface area (TPSA) is 120 Å². The van der Waals surface area contributed by atoms with Gasteiger partial charge in [0, 0.05) is 11.8 Å². The Morgan fingerprint density at radius 3 is 2.55 bits per heavy atom. The van der Waals surface area contributed by atoms with Crippen LogP contribution in [-0.4, -0.2) is 25.7 Å². The Bertz CT molecular complexity index is 1300. The van der Waals surface area contributed by atoms with E-state index in [0.717, 1.165) is 12.1 Å². The van der Waals surface area contributed by atoms with Crippen molar-refractivity contribution in [3.05, 3.63) is 70.9 Å². The average molecular weight is 451 g/mol. The van der Waals surface area contributed by atoms with E-state index in [0.29, 0.717) is 30.0 Å². The zero-order chi connectivity index (χ0) is 23.8. The first kappa shape index (κ1) is 22.0. The molecule has 0 unspecified atom stereocenters. The molecule has 4 rings (SSSR count). The molecule has 1 N–H and O–H groups in total. The van der Waals surface area contributed by atoms with Gasteiger partial charge in [-0.3, -0.25) is 4.79 Å². The Kier molecular flexibility index (Phi) is 5.34. The highest BCUT2D eigenvalue weighted by atomic mass is 19.4. The molecule has 1 fully saturated rings. The fourth-order valence-corrected chi connectivity index (χ4v) is 3.43. The molecule has 1 saturated carbocycles. The summed E-state index contributed by atoms with van der Waals surface area (Å²) in [5.74, 6) is -0.0944. The Morgan fingerprint density at radius 2 is 1.97 bits per heavy atom. The third-order valence-electron chi connectivity index (χ3n) is 5.44. The highest BCUT2D eigenvalue weighted by Crippen LogP contribution is 2.48. The van der Waals surface area contributed by atoms with Crippen LogP contribution in [0.2, 0.25) is 0 Å². The van der Waals surface area contributed by atoms with Gasteiger partial charge in [0.1, 0.15) is 12.4 Å². The van der Waals surface area contributed by atoms with Gasteiger partial charge in [-0.1, -0.05) is 0 Å². The summed E-state index contributed by atoms with van der Waals surface area (Å²) < 4.78 is 41.7. The third kappa shape index (κ3) is 4.26. The van der Waals surface area contributed by atoms with Gasteiger partial charge < -0.3 is 5.32 Å². The van der Waals surface area contributed by atoms with Crippen molar-refractivity contribution in [2.75, 3.05) is 0 Å². The molecular weight excluding hydrogens is 435 g/mol. The van der Waals surface area contributed by atoms with Crippen LogP contribution in [0.25, 0.3) is 5.82 Å². The van der Waals surface area contributed by atoms with Crippen LogP contribution in [0.5, 0.6) is 0 Å². The maximum Gasteiger partial charge on any atom is 0.416 e. The fourth-order valence-electron chi connectivity index (χ4n) is 3.43. The Morgan fingerprint density at radius 1 is 1.21 bits per heavy atom. The monoisotopic (exact) mass is 451 g/mol. The number of alkyl halides is 3. The first-order valence-corrected chi connectivity index (χ1v) is 9.88. The highest BCUT2D eigenvalue weighted by molar-refractivity contribution is 5.95. The quantitative estimate of drug-likeness (QED) is 0.633. The van der Waals surface area contributed by atoms with Crippen LogP contribution < -0.4 is 5.32 Å². The van der Waals surface area contributed by atoms with Crippen molar-refractivity contribution in [1.29, 1.82) is 10.5 Å². The number of hydrogen-bond acceptors (Lipinski definition) is 6. The number of nitrogens with one attached hydrogen (secondary N) is 1. The number of carbonyl (C=O) groups excluding carboxylic acids is 1. The summed E-state index contributed by atoms with van der Waals surface area (Å²) in [5, 5.41) is 25.0. The molecule has 166 valence electrons. The zero-order valence-electron chi connectivity index (χ0n) is 17.3. The van der Waals surface area contributed by atoms with Crippen LogP contribution in [0.1, 0.15) is 58.7 Å². The lowest BCUT2D eigenvalue weighted by Gasteiger charge is -2.17. The van der Waals surface area contributed by atoms with E-state index in [2.05, 4.69) is 26.5 Å². The number of benzene rings is 1. The number of hydrogen-bond donors (Lipinski definition) is 1. The molecule has 0 bridgehead atoms. The van der Waals surface area contributed by atoms with Crippen LogP contribution >= 0.6 is 0 Å². The molecule has 11 heteroatoms. The van der Waals surface area contributed by atoms with Crippen molar-refractivity contribution in [2.24, 2.45) is 0 Å². The molecule has 0 radical (unpaired) electrons. The minimum absolute atomic E-state index is 0.183. The van der Waals surface area contributed by atoms with E-state index in [4.69, 9.17) is 5.26 Å². The van der Waals surface area contributed by atoms with E-state index in [1.807, 2.05) is 6.07 Å². The first-order chi connectivity index (χ1) is 15.7. The lowest BCUT2D eigenvalue weighted by Crippen LogP contribution is -2.29. The van der Waals surface area contributed by atoms with E-state index < -0.39 is 29.1 Å². The van der Waals surface area contributed by atoms with Gasteiger partial charge in [0.2, 0.25) is 0 Å². The number of rotatable bonds is 5. The number of halogens is 3. The SMILES string of the molecule is C[C@H](NC(=O)c1cc(C(F)(F)F)cc(C2(C#N)CC2)c1)c1ncnn1-c1ccc(C#N)cn1. The third-order valence-corrected chi connectivity index (χ3v) is 5.44. The van der Waals surface area contributed by atoms with E-state index in [1.54, 1.807) is 19.1 Å². The Balaban J connectivity index is 1.62. The number of nitrogens with zero attached hydrogens (tertiary/aromatic N) is 6. The van der Waals surface area contributed by atoms with Crippen molar-refractivity contribution in [1.82, 2.24) is 25.1 Å². The first-order valence-electron chi connectivity index (χ1n) is 9.88. The van der Waals surface area contributed by atoms with Gasteiger partial charge in [-0.25, -0.2) is 9.97 Å². The summed E-state index contributed by atoms with van der Waals surface area (Å²) in [6.07, 6.45) is -1.16. The summed E-state index contributed by atoms with van der Waals surface area (Å²) in [6.45, 7) is 1.61. The number of aromatic nitrogens is 4. The summed E-state index contributed by atoms with van der Waals surface area (Å²) >= 11 is 0. The van der Waals surface area contributed by atoms with Crippen molar-refractivity contribution in [3.8, 4) is 18.0 Å². The number of nitriles is 2. The smallest absolute Gasteiger partial charge is 0.342 e. The molecule has 1 aromatic carbocycles. The lowest BCUT2D eigenvalue weighted by atomic mass is 9.93. The van der Waals surface area contributed by atoms with Crippen molar-refractivity contribution >= 4 is 5.91 Å². The summed E-state index contributed by atoms with van der Waals surface area (Å²) in [6, 6.07) is 9.42. The molecule has 0 spiro atoms. The van der Waals surface area contributed by atoms with Gasteiger partial charge in [0.05, 0.1) is 28.7 Å². The molecule has 0 aliphatic heterocycles.